The summed E-state index contributed by atoms with van der Waals surface area (Å²) in [6.07, 6.45) is 1.92. The quantitative estimate of drug-likeness (QED) is 0.607. The first-order valence-corrected chi connectivity index (χ1v) is 8.07. The second kappa shape index (κ2) is 6.58. The highest BCUT2D eigenvalue weighted by atomic mass is 32.1. The lowest BCUT2D eigenvalue weighted by Gasteiger charge is -2.07. The number of thiazole rings is 1. The van der Waals surface area contributed by atoms with Gasteiger partial charge in [-0.1, -0.05) is 54.6 Å². The molecule has 0 amide bonds. The minimum Gasteiger partial charge on any atom is -0.312 e. The molecule has 110 valence electrons. The Hall–Kier alpha value is -2.39. The van der Waals surface area contributed by atoms with Gasteiger partial charge in [0.1, 0.15) is 0 Å². The molecule has 0 radical (unpaired) electrons. The Kier molecular flexibility index (Phi) is 4.35. The van der Waals surface area contributed by atoms with Crippen LogP contribution >= 0.6 is 11.3 Å². The lowest BCUT2D eigenvalue weighted by atomic mass is 10.1. The fourth-order valence-electron chi connectivity index (χ4n) is 2.48. The third kappa shape index (κ3) is 2.95. The van der Waals surface area contributed by atoms with E-state index in [0.29, 0.717) is 0 Å². The number of nitrogens with zero attached hydrogens (tertiary/aromatic N) is 2. The number of rotatable bonds is 4. The van der Waals surface area contributed by atoms with Crippen LogP contribution in [0.15, 0.2) is 78.3 Å². The standard InChI is InChI=1S/C19H18N2S/c1-3-14-21-18(16-10-6-4-7-11-16)15(2)22-19(21)20-17-12-8-5-9-13-17/h3-13H,1,14H2,2H3. The highest BCUT2D eigenvalue weighted by Gasteiger charge is 2.11. The van der Waals surface area contributed by atoms with Gasteiger partial charge < -0.3 is 4.57 Å². The summed E-state index contributed by atoms with van der Waals surface area (Å²) in [6, 6.07) is 20.5. The van der Waals surface area contributed by atoms with E-state index in [1.165, 1.54) is 16.1 Å². The summed E-state index contributed by atoms with van der Waals surface area (Å²) in [5.41, 5.74) is 3.41. The van der Waals surface area contributed by atoms with Crippen molar-refractivity contribution in [2.24, 2.45) is 4.99 Å². The van der Waals surface area contributed by atoms with Crippen molar-refractivity contribution < 1.29 is 0 Å². The monoisotopic (exact) mass is 306 g/mol. The van der Waals surface area contributed by atoms with Crippen LogP contribution in [0.4, 0.5) is 5.69 Å². The summed E-state index contributed by atoms with van der Waals surface area (Å²) in [5.74, 6) is 0. The van der Waals surface area contributed by atoms with Crippen molar-refractivity contribution in [2.75, 3.05) is 0 Å². The first-order chi connectivity index (χ1) is 10.8. The second-order valence-corrected chi connectivity index (χ2v) is 6.18. The molecule has 0 saturated heterocycles. The minimum atomic E-state index is 0.750. The van der Waals surface area contributed by atoms with E-state index in [9.17, 15) is 0 Å². The molecule has 0 atom stereocenters. The molecule has 1 heterocycles. The summed E-state index contributed by atoms with van der Waals surface area (Å²) in [7, 11) is 0. The van der Waals surface area contributed by atoms with E-state index in [2.05, 4.69) is 42.3 Å². The molecule has 0 bridgehead atoms. The molecule has 0 N–H and O–H groups in total. The predicted octanol–water partition coefficient (Wildman–Crippen LogP) is 4.94. The van der Waals surface area contributed by atoms with E-state index in [0.717, 1.165) is 17.0 Å². The first-order valence-electron chi connectivity index (χ1n) is 7.26. The number of hydrogen-bond donors (Lipinski definition) is 0. The molecule has 3 heteroatoms. The summed E-state index contributed by atoms with van der Waals surface area (Å²) in [6.45, 7) is 6.79. The van der Waals surface area contributed by atoms with Crippen molar-refractivity contribution in [1.82, 2.24) is 4.57 Å². The van der Waals surface area contributed by atoms with Gasteiger partial charge in [0.15, 0.2) is 4.80 Å². The van der Waals surface area contributed by atoms with Gasteiger partial charge in [-0.05, 0) is 24.6 Å². The Bertz CT molecular complexity index is 827. The molecular weight excluding hydrogens is 288 g/mol. The average molecular weight is 306 g/mol. The molecule has 2 aromatic carbocycles. The zero-order valence-electron chi connectivity index (χ0n) is 12.6. The number of allylic oxidation sites excluding steroid dienone is 1. The second-order valence-electron chi connectivity index (χ2n) is 5.00. The van der Waals surface area contributed by atoms with Crippen LogP contribution < -0.4 is 4.80 Å². The minimum absolute atomic E-state index is 0.750. The van der Waals surface area contributed by atoms with Crippen molar-refractivity contribution in [3.05, 3.63) is 83.0 Å². The molecule has 2 nitrogen and oxygen atoms in total. The normalized spacial score (nSPS) is 11.6. The highest BCUT2D eigenvalue weighted by Crippen LogP contribution is 2.25. The van der Waals surface area contributed by atoms with Crippen molar-refractivity contribution in [1.29, 1.82) is 0 Å². The molecule has 0 spiro atoms. The van der Waals surface area contributed by atoms with Crippen LogP contribution in [0.2, 0.25) is 0 Å². The van der Waals surface area contributed by atoms with Gasteiger partial charge in [0.2, 0.25) is 0 Å². The van der Waals surface area contributed by atoms with Crippen LogP contribution in [0.1, 0.15) is 4.88 Å². The van der Waals surface area contributed by atoms with E-state index in [1.807, 2.05) is 42.5 Å². The van der Waals surface area contributed by atoms with Crippen LogP contribution in [0.3, 0.4) is 0 Å². The molecule has 0 aliphatic rings. The third-order valence-electron chi connectivity index (χ3n) is 3.42. The van der Waals surface area contributed by atoms with E-state index in [1.54, 1.807) is 11.3 Å². The van der Waals surface area contributed by atoms with Gasteiger partial charge in [-0.15, -0.1) is 17.9 Å². The van der Waals surface area contributed by atoms with Gasteiger partial charge in [0.25, 0.3) is 0 Å². The number of para-hydroxylation sites is 1. The number of benzene rings is 2. The van der Waals surface area contributed by atoms with Gasteiger partial charge in [-0.2, -0.15) is 0 Å². The summed E-state index contributed by atoms with van der Waals surface area (Å²) in [5, 5.41) is 0. The molecule has 0 fully saturated rings. The van der Waals surface area contributed by atoms with Gasteiger partial charge >= 0.3 is 0 Å². The maximum Gasteiger partial charge on any atom is 0.190 e. The Morgan fingerprint density at radius 2 is 1.68 bits per heavy atom. The molecule has 22 heavy (non-hydrogen) atoms. The van der Waals surface area contributed by atoms with Crippen molar-refractivity contribution >= 4 is 17.0 Å². The lowest BCUT2D eigenvalue weighted by Crippen LogP contribution is -2.14. The molecular formula is C19H18N2S. The highest BCUT2D eigenvalue weighted by molar-refractivity contribution is 7.09. The topological polar surface area (TPSA) is 17.3 Å². The van der Waals surface area contributed by atoms with Gasteiger partial charge in [-0.3, -0.25) is 0 Å². The smallest absolute Gasteiger partial charge is 0.190 e. The van der Waals surface area contributed by atoms with Gasteiger partial charge in [0, 0.05) is 11.4 Å². The van der Waals surface area contributed by atoms with Crippen LogP contribution in [-0.4, -0.2) is 4.57 Å². The fourth-order valence-corrected chi connectivity index (χ4v) is 3.50. The van der Waals surface area contributed by atoms with Crippen molar-refractivity contribution in [3.63, 3.8) is 0 Å². The SMILES string of the molecule is C=CCn1c(-c2ccccc2)c(C)sc1=Nc1ccccc1. The Morgan fingerprint density at radius 1 is 1.05 bits per heavy atom. The predicted molar refractivity (Wildman–Crippen MR) is 94.3 cm³/mol. The van der Waals surface area contributed by atoms with Crippen LogP contribution in [0, 0.1) is 6.92 Å². The van der Waals surface area contributed by atoms with E-state index in [4.69, 9.17) is 4.99 Å². The zero-order valence-corrected chi connectivity index (χ0v) is 13.4. The molecule has 1 aromatic heterocycles. The van der Waals surface area contributed by atoms with E-state index < -0.39 is 0 Å². The number of hydrogen-bond acceptors (Lipinski definition) is 2. The van der Waals surface area contributed by atoms with Crippen LogP contribution in [-0.2, 0) is 6.54 Å². The Balaban J connectivity index is 2.21. The maximum absolute atomic E-state index is 4.80. The molecule has 3 rings (SSSR count). The van der Waals surface area contributed by atoms with E-state index >= 15 is 0 Å². The third-order valence-corrected chi connectivity index (χ3v) is 4.41. The zero-order chi connectivity index (χ0) is 15.4. The Morgan fingerprint density at radius 3 is 2.32 bits per heavy atom. The maximum atomic E-state index is 4.80. The van der Waals surface area contributed by atoms with Crippen molar-refractivity contribution in [3.8, 4) is 11.3 Å². The molecule has 3 aromatic rings. The molecule has 0 aliphatic carbocycles. The molecule has 0 unspecified atom stereocenters. The summed E-state index contributed by atoms with van der Waals surface area (Å²) < 4.78 is 2.23. The van der Waals surface area contributed by atoms with E-state index in [-0.39, 0.29) is 0 Å². The van der Waals surface area contributed by atoms with Gasteiger partial charge in [0.05, 0.1) is 11.4 Å². The number of aryl methyl sites for hydroxylation is 1. The number of aromatic nitrogens is 1. The fraction of sp³-hybridized carbons (Fsp3) is 0.105. The van der Waals surface area contributed by atoms with Crippen LogP contribution in [0.25, 0.3) is 11.3 Å². The molecule has 0 aliphatic heterocycles. The van der Waals surface area contributed by atoms with Crippen LogP contribution in [0.5, 0.6) is 0 Å². The largest absolute Gasteiger partial charge is 0.312 e. The average Bonchev–Trinajstić information content (AvgIpc) is 2.85. The summed E-state index contributed by atoms with van der Waals surface area (Å²) in [4.78, 5) is 7.07. The first kappa shape index (κ1) is 14.5. The lowest BCUT2D eigenvalue weighted by molar-refractivity contribution is 0.798. The van der Waals surface area contributed by atoms with Crippen molar-refractivity contribution in [2.45, 2.75) is 13.5 Å². The van der Waals surface area contributed by atoms with Gasteiger partial charge in [-0.25, -0.2) is 4.99 Å². The molecule has 0 saturated carbocycles. The summed E-state index contributed by atoms with van der Waals surface area (Å²) >= 11 is 1.72. The Labute approximate surface area is 134 Å².